The number of benzene rings is 1. The maximum atomic E-state index is 12.3. The molecule has 0 fully saturated rings. The van der Waals surface area contributed by atoms with Crippen LogP contribution in [-0.2, 0) is 6.54 Å². The molecule has 0 aliphatic heterocycles. The van der Waals surface area contributed by atoms with E-state index in [1.807, 2.05) is 13.0 Å². The monoisotopic (exact) mass is 544 g/mol. The van der Waals surface area contributed by atoms with Crippen molar-refractivity contribution in [1.29, 1.82) is 0 Å². The summed E-state index contributed by atoms with van der Waals surface area (Å²) in [6, 6.07) is 6.87. The molecule has 30 heavy (non-hydrogen) atoms. The van der Waals surface area contributed by atoms with Gasteiger partial charge in [0.25, 0.3) is 0 Å². The predicted molar refractivity (Wildman–Crippen MR) is 128 cm³/mol. The van der Waals surface area contributed by atoms with Gasteiger partial charge < -0.3 is 20.3 Å². The fraction of sp³-hybridized carbons (Fsp3) is 0.667. The van der Waals surface area contributed by atoms with E-state index in [4.69, 9.17) is 4.74 Å². The van der Waals surface area contributed by atoms with Gasteiger partial charge in [0.2, 0.25) is 0 Å². The smallest absolute Gasteiger partial charge is 0.422 e. The van der Waals surface area contributed by atoms with E-state index in [1.165, 1.54) is 6.07 Å². The van der Waals surface area contributed by atoms with Gasteiger partial charge in [-0.15, -0.1) is 24.0 Å². The van der Waals surface area contributed by atoms with E-state index in [1.54, 1.807) is 12.1 Å². The average Bonchev–Trinajstić information content (AvgIpc) is 2.68. The first-order chi connectivity index (χ1) is 13.8. The van der Waals surface area contributed by atoms with Crippen LogP contribution < -0.4 is 15.4 Å². The molecule has 0 heterocycles. The van der Waals surface area contributed by atoms with Crippen LogP contribution in [0.2, 0.25) is 0 Å². The van der Waals surface area contributed by atoms with Crippen LogP contribution in [-0.4, -0.2) is 55.9 Å². The van der Waals surface area contributed by atoms with Gasteiger partial charge in [0.05, 0.1) is 6.54 Å². The molecule has 9 heteroatoms. The van der Waals surface area contributed by atoms with Crippen molar-refractivity contribution in [3.63, 3.8) is 0 Å². The minimum Gasteiger partial charge on any atom is -0.484 e. The number of guanidine groups is 1. The zero-order valence-electron chi connectivity index (χ0n) is 18.4. The molecule has 0 bridgehead atoms. The summed E-state index contributed by atoms with van der Waals surface area (Å²) in [5.74, 6) is 0.891. The Morgan fingerprint density at radius 2 is 1.90 bits per heavy atom. The van der Waals surface area contributed by atoms with Crippen molar-refractivity contribution in [3.05, 3.63) is 29.8 Å². The second kappa shape index (κ2) is 15.6. The minimum absolute atomic E-state index is 0. The van der Waals surface area contributed by atoms with Crippen molar-refractivity contribution in [2.45, 2.75) is 59.3 Å². The Morgan fingerprint density at radius 3 is 2.50 bits per heavy atom. The number of alkyl halides is 3. The van der Waals surface area contributed by atoms with Gasteiger partial charge in [-0.3, -0.25) is 0 Å². The van der Waals surface area contributed by atoms with Gasteiger partial charge in [-0.2, -0.15) is 13.2 Å². The Labute approximate surface area is 195 Å². The Balaban J connectivity index is 0.00000841. The topological polar surface area (TPSA) is 48.9 Å². The van der Waals surface area contributed by atoms with Gasteiger partial charge in [0.1, 0.15) is 5.75 Å². The van der Waals surface area contributed by atoms with Crippen LogP contribution in [0.15, 0.2) is 29.3 Å². The number of hydrogen-bond acceptors (Lipinski definition) is 3. The Kier molecular flexibility index (Phi) is 14.9. The molecule has 0 saturated carbocycles. The molecule has 0 aliphatic rings. The number of aliphatic imine (C=N–C) groups is 1. The molecule has 1 aromatic rings. The zero-order chi connectivity index (χ0) is 21.7. The predicted octanol–water partition coefficient (Wildman–Crippen LogP) is 4.81. The molecule has 1 aromatic carbocycles. The van der Waals surface area contributed by atoms with Gasteiger partial charge in [-0.1, -0.05) is 26.0 Å². The van der Waals surface area contributed by atoms with E-state index in [0.29, 0.717) is 12.5 Å². The highest BCUT2D eigenvalue weighted by Crippen LogP contribution is 2.19. The number of nitrogens with one attached hydrogen (secondary N) is 2. The van der Waals surface area contributed by atoms with Gasteiger partial charge in [0, 0.05) is 12.6 Å². The molecule has 0 aliphatic carbocycles. The van der Waals surface area contributed by atoms with Crippen molar-refractivity contribution in [3.8, 4) is 5.75 Å². The number of ether oxygens (including phenoxy) is 1. The maximum absolute atomic E-state index is 12.3. The summed E-state index contributed by atoms with van der Waals surface area (Å²) in [6.07, 6.45) is -2.22. The molecule has 0 radical (unpaired) electrons. The fourth-order valence-corrected chi connectivity index (χ4v) is 2.86. The van der Waals surface area contributed by atoms with Gasteiger partial charge in [-0.25, -0.2) is 4.99 Å². The molecule has 174 valence electrons. The number of rotatable bonds is 12. The number of hydrogen-bond donors (Lipinski definition) is 2. The summed E-state index contributed by atoms with van der Waals surface area (Å²) < 4.78 is 41.7. The van der Waals surface area contributed by atoms with Crippen molar-refractivity contribution in [2.24, 2.45) is 4.99 Å². The van der Waals surface area contributed by atoms with Crippen LogP contribution in [0.1, 0.15) is 46.1 Å². The van der Waals surface area contributed by atoms with Crippen molar-refractivity contribution >= 4 is 29.9 Å². The first-order valence-corrected chi connectivity index (χ1v) is 10.3. The first-order valence-electron chi connectivity index (χ1n) is 10.3. The normalized spacial score (nSPS) is 13.0. The van der Waals surface area contributed by atoms with Crippen LogP contribution in [0.5, 0.6) is 5.75 Å². The maximum Gasteiger partial charge on any atom is 0.422 e. The largest absolute Gasteiger partial charge is 0.484 e. The molecule has 1 unspecified atom stereocenters. The molecular formula is C21H36F3IN4O. The Morgan fingerprint density at radius 1 is 1.20 bits per heavy atom. The van der Waals surface area contributed by atoms with Crippen molar-refractivity contribution in [1.82, 2.24) is 15.5 Å². The second-order valence-corrected chi connectivity index (χ2v) is 6.96. The average molecular weight is 544 g/mol. The van der Waals surface area contributed by atoms with E-state index in [-0.39, 0.29) is 35.8 Å². The highest BCUT2D eigenvalue weighted by atomic mass is 127. The molecule has 5 nitrogen and oxygen atoms in total. The molecule has 1 rings (SSSR count). The van der Waals surface area contributed by atoms with Crippen LogP contribution in [0, 0.1) is 0 Å². The van der Waals surface area contributed by atoms with Crippen molar-refractivity contribution < 1.29 is 17.9 Å². The summed E-state index contributed by atoms with van der Waals surface area (Å²) >= 11 is 0. The highest BCUT2D eigenvalue weighted by molar-refractivity contribution is 14.0. The number of halogens is 4. The first kappa shape index (κ1) is 28.8. The van der Waals surface area contributed by atoms with Crippen LogP contribution >= 0.6 is 24.0 Å². The molecule has 0 aromatic heterocycles. The lowest BCUT2D eigenvalue weighted by Crippen LogP contribution is -2.42. The SMILES string of the molecule is CCNC(=NCc1cccc(OCC(F)(F)F)c1)NC(C)CCCN(CC)CC.I. The molecule has 1 atom stereocenters. The van der Waals surface area contributed by atoms with E-state index in [2.05, 4.69) is 41.3 Å². The van der Waals surface area contributed by atoms with E-state index < -0.39 is 12.8 Å². The van der Waals surface area contributed by atoms with E-state index >= 15 is 0 Å². The van der Waals surface area contributed by atoms with Crippen LogP contribution in [0.4, 0.5) is 13.2 Å². The third kappa shape index (κ3) is 13.1. The molecule has 2 N–H and O–H groups in total. The highest BCUT2D eigenvalue weighted by Gasteiger charge is 2.28. The summed E-state index contributed by atoms with van der Waals surface area (Å²) in [7, 11) is 0. The van der Waals surface area contributed by atoms with E-state index in [0.717, 1.165) is 44.6 Å². The zero-order valence-corrected chi connectivity index (χ0v) is 20.7. The van der Waals surface area contributed by atoms with E-state index in [9.17, 15) is 13.2 Å². The van der Waals surface area contributed by atoms with Gasteiger partial charge >= 0.3 is 6.18 Å². The summed E-state index contributed by atoms with van der Waals surface area (Å²) in [5.41, 5.74) is 0.788. The lowest BCUT2D eigenvalue weighted by molar-refractivity contribution is -0.153. The molecule has 0 spiro atoms. The van der Waals surface area contributed by atoms with Gasteiger partial charge in [0.15, 0.2) is 12.6 Å². The summed E-state index contributed by atoms with van der Waals surface area (Å²) in [5, 5.41) is 6.61. The van der Waals surface area contributed by atoms with Crippen LogP contribution in [0.25, 0.3) is 0 Å². The molecule has 0 amide bonds. The summed E-state index contributed by atoms with van der Waals surface area (Å²) in [6.45, 7) is 11.5. The standard InChI is InChI=1S/C21H35F3N4O.HI/c1-5-25-20(27-17(4)10-9-13-28(6-2)7-3)26-15-18-11-8-12-19(14-18)29-16-21(22,23)24;/h8,11-12,14,17H,5-7,9-10,13,15-16H2,1-4H3,(H2,25,26,27);1H. The number of nitrogens with zero attached hydrogens (tertiary/aromatic N) is 2. The van der Waals surface area contributed by atoms with Crippen molar-refractivity contribution in [2.75, 3.05) is 32.8 Å². The van der Waals surface area contributed by atoms with Gasteiger partial charge in [-0.05, 0) is 64.0 Å². The lowest BCUT2D eigenvalue weighted by atomic mass is 10.2. The Bertz CT molecular complexity index is 610. The Hall–Kier alpha value is -1.23. The minimum atomic E-state index is -4.35. The molecule has 0 saturated heterocycles. The fourth-order valence-electron chi connectivity index (χ4n) is 2.86. The lowest BCUT2D eigenvalue weighted by Gasteiger charge is -2.21. The summed E-state index contributed by atoms with van der Waals surface area (Å²) in [4.78, 5) is 6.96. The third-order valence-electron chi connectivity index (χ3n) is 4.45. The molecular weight excluding hydrogens is 508 g/mol. The third-order valence-corrected chi connectivity index (χ3v) is 4.45. The second-order valence-electron chi connectivity index (χ2n) is 6.96. The quantitative estimate of drug-likeness (QED) is 0.225. The van der Waals surface area contributed by atoms with Crippen LogP contribution in [0.3, 0.4) is 0 Å².